The van der Waals surface area contributed by atoms with Gasteiger partial charge in [-0.2, -0.15) is 0 Å². The highest BCUT2D eigenvalue weighted by Crippen LogP contribution is 1.40. The number of hydrogen-bond acceptors (Lipinski definition) is 4. The summed E-state index contributed by atoms with van der Waals surface area (Å²) >= 11 is 0. The first kappa shape index (κ1) is 9.06. The molecule has 0 saturated carbocycles. The van der Waals surface area contributed by atoms with Gasteiger partial charge < -0.3 is 15.1 Å². The summed E-state index contributed by atoms with van der Waals surface area (Å²) < 4.78 is 0. The topological polar surface area (TPSA) is 84.5 Å². The molecule has 0 unspecified atom stereocenters. The average Bonchev–Trinajstić information content (AvgIpc) is 1.41. The van der Waals surface area contributed by atoms with Crippen LogP contribution in [0.2, 0.25) is 0 Å². The second kappa shape index (κ2) is 8.83. The van der Waals surface area contributed by atoms with Crippen LogP contribution in [0.4, 0.5) is 0 Å². The zero-order valence-corrected chi connectivity index (χ0v) is 2.94. The van der Waals surface area contributed by atoms with Crippen LogP contribution in [0.15, 0.2) is 0 Å². The van der Waals surface area contributed by atoms with Crippen LogP contribution in [0, 0.1) is 11.8 Å². The van der Waals surface area contributed by atoms with Crippen LogP contribution in [0.5, 0.6) is 0 Å². The Kier molecular flexibility index (Phi) is 13.3. The molecule has 5 heteroatoms. The Morgan fingerprint density at radius 1 is 1.17 bits per heavy atom. The second-order valence-electron chi connectivity index (χ2n) is 0.346. The first-order valence-electron chi connectivity index (χ1n) is 1.03. The van der Waals surface area contributed by atoms with E-state index >= 15 is 0 Å². The largest absolute Gasteiger partial charge is 0.631 e. The van der Waals surface area contributed by atoms with E-state index < -0.39 is 7.32 Å². The van der Waals surface area contributed by atoms with E-state index in [4.69, 9.17) is 20.3 Å². The monoisotopic (exact) mass is 89.0 g/mol. The van der Waals surface area contributed by atoms with Crippen molar-refractivity contribution in [2.75, 3.05) is 0 Å². The molecular formula is CH4BNO3. The molecule has 0 rings (SSSR count). The van der Waals surface area contributed by atoms with Gasteiger partial charge in [-0.3, -0.25) is 0 Å². The molecule has 4 nitrogen and oxygen atoms in total. The van der Waals surface area contributed by atoms with E-state index in [-0.39, 0.29) is 0 Å². The van der Waals surface area contributed by atoms with Crippen LogP contribution < -0.4 is 0 Å². The normalized spacial score (nSPS) is 4.83. The molecule has 6 heavy (non-hydrogen) atoms. The molecule has 0 radical (unpaired) electrons. The smallest absolute Gasteiger partial charge is 0.402 e. The molecule has 0 spiro atoms. The van der Waals surface area contributed by atoms with Crippen molar-refractivity contribution in [1.29, 1.82) is 5.26 Å². The molecule has 0 amide bonds. The standard InChI is InChI=1S/CHN.BH3O3/c1-2;2-1(3)4/h1H;2-4H. The molecule has 0 aliphatic heterocycles. The molecule has 0 aromatic heterocycles. The predicted octanol–water partition coefficient (Wildman–Crippen LogP) is -1.91. The van der Waals surface area contributed by atoms with Crippen LogP contribution >= 0.6 is 0 Å². The van der Waals surface area contributed by atoms with Crippen molar-refractivity contribution in [3.8, 4) is 6.57 Å². The average molecular weight is 88.9 g/mol. The van der Waals surface area contributed by atoms with Gasteiger partial charge >= 0.3 is 7.32 Å². The quantitative estimate of drug-likeness (QED) is 0.302. The minimum atomic E-state index is -2.17. The summed E-state index contributed by atoms with van der Waals surface area (Å²) in [6, 6.07) is 0. The molecule has 0 aliphatic rings. The summed E-state index contributed by atoms with van der Waals surface area (Å²) in [5, 5.41) is 28.0. The van der Waals surface area contributed by atoms with Crippen molar-refractivity contribution in [3.63, 3.8) is 0 Å². The molecule has 0 saturated heterocycles. The third-order valence-corrected chi connectivity index (χ3v) is 0. The predicted molar refractivity (Wildman–Crippen MR) is 19.1 cm³/mol. The van der Waals surface area contributed by atoms with Crippen LogP contribution in [0.1, 0.15) is 0 Å². The highest BCUT2D eigenvalue weighted by molar-refractivity contribution is 6.30. The zero-order chi connectivity index (χ0) is 5.58. The summed E-state index contributed by atoms with van der Waals surface area (Å²) in [6.07, 6.45) is 0. The van der Waals surface area contributed by atoms with E-state index in [0.717, 1.165) is 0 Å². The molecule has 0 aliphatic carbocycles. The maximum absolute atomic E-state index is 7.17. The molecule has 0 bridgehead atoms. The third kappa shape index (κ3) is 63.8. The van der Waals surface area contributed by atoms with Crippen molar-refractivity contribution >= 4 is 7.32 Å². The molecule has 0 atom stereocenters. The molecule has 0 aromatic carbocycles. The highest BCUT2D eigenvalue weighted by atomic mass is 16.5. The molecule has 0 heterocycles. The fraction of sp³-hybridized carbons (Fsp3) is 0. The van der Waals surface area contributed by atoms with E-state index in [1.807, 2.05) is 0 Å². The van der Waals surface area contributed by atoms with Gasteiger partial charge in [0.05, 0.1) is 0 Å². The van der Waals surface area contributed by atoms with Gasteiger partial charge in [0.2, 0.25) is 0 Å². The van der Waals surface area contributed by atoms with Crippen molar-refractivity contribution in [2.45, 2.75) is 0 Å². The number of rotatable bonds is 0. The molecule has 34 valence electrons. The van der Waals surface area contributed by atoms with Gasteiger partial charge in [0, 0.05) is 6.57 Å². The molecule has 0 fully saturated rings. The lowest BCUT2D eigenvalue weighted by atomic mass is 10.3. The number of nitrogens with zero attached hydrogens (tertiary/aromatic N) is 1. The van der Waals surface area contributed by atoms with Gasteiger partial charge in [0.25, 0.3) is 0 Å². The lowest BCUT2D eigenvalue weighted by Crippen LogP contribution is -2.07. The SMILES string of the molecule is C#N.OB(O)O. The van der Waals surface area contributed by atoms with Gasteiger partial charge in [-0.25, -0.2) is 5.26 Å². The van der Waals surface area contributed by atoms with Gasteiger partial charge in [0.15, 0.2) is 0 Å². The molecule has 3 N–H and O–H groups in total. The first-order chi connectivity index (χ1) is 2.73. The summed E-state index contributed by atoms with van der Waals surface area (Å²) in [4.78, 5) is 0. The van der Waals surface area contributed by atoms with Crippen molar-refractivity contribution in [2.24, 2.45) is 0 Å². The highest BCUT2D eigenvalue weighted by Gasteiger charge is 1.92. The zero-order valence-electron chi connectivity index (χ0n) is 2.94. The Balaban J connectivity index is 0. The van der Waals surface area contributed by atoms with E-state index in [0.29, 0.717) is 0 Å². The van der Waals surface area contributed by atoms with Crippen LogP contribution in [0.3, 0.4) is 0 Å². The lowest BCUT2D eigenvalue weighted by molar-refractivity contribution is 0.278. The van der Waals surface area contributed by atoms with E-state index in [9.17, 15) is 0 Å². The number of hydrogen-bond donors (Lipinski definition) is 3. The van der Waals surface area contributed by atoms with Crippen LogP contribution in [-0.4, -0.2) is 22.4 Å². The van der Waals surface area contributed by atoms with Crippen molar-refractivity contribution < 1.29 is 15.1 Å². The minimum absolute atomic E-state index is 2.17. The maximum Gasteiger partial charge on any atom is 0.631 e. The number of nitriles is 1. The Morgan fingerprint density at radius 3 is 1.17 bits per heavy atom. The van der Waals surface area contributed by atoms with Crippen molar-refractivity contribution in [3.05, 3.63) is 0 Å². The molecular weight excluding hydrogens is 84.8 g/mol. The Hall–Kier alpha value is -0.565. The third-order valence-electron chi connectivity index (χ3n) is 0. The minimum Gasteiger partial charge on any atom is -0.402 e. The van der Waals surface area contributed by atoms with Gasteiger partial charge in [0.1, 0.15) is 0 Å². The van der Waals surface area contributed by atoms with Gasteiger partial charge in [-0.1, -0.05) is 0 Å². The van der Waals surface area contributed by atoms with Gasteiger partial charge in [-0.15, -0.1) is 0 Å². The Bertz CT molecular complexity index is 32.3. The van der Waals surface area contributed by atoms with E-state index in [2.05, 4.69) is 6.57 Å². The van der Waals surface area contributed by atoms with E-state index in [1.54, 1.807) is 0 Å². The lowest BCUT2D eigenvalue weighted by Gasteiger charge is -1.69. The second-order valence-corrected chi connectivity index (χ2v) is 0.346. The summed E-state index contributed by atoms with van der Waals surface area (Å²) in [6.45, 7) is 3.50. The summed E-state index contributed by atoms with van der Waals surface area (Å²) in [5.41, 5.74) is 0. The Morgan fingerprint density at radius 2 is 1.17 bits per heavy atom. The Labute approximate surface area is 35.4 Å². The van der Waals surface area contributed by atoms with Gasteiger partial charge in [-0.05, 0) is 0 Å². The first-order valence-corrected chi connectivity index (χ1v) is 1.03. The fourth-order valence-corrected chi connectivity index (χ4v) is 0. The van der Waals surface area contributed by atoms with Crippen LogP contribution in [-0.2, 0) is 0 Å². The molecule has 0 aromatic rings. The van der Waals surface area contributed by atoms with E-state index in [1.165, 1.54) is 0 Å². The fourth-order valence-electron chi connectivity index (χ4n) is 0. The summed E-state index contributed by atoms with van der Waals surface area (Å²) in [7, 11) is -2.17. The summed E-state index contributed by atoms with van der Waals surface area (Å²) in [5.74, 6) is 0. The maximum atomic E-state index is 7.17. The van der Waals surface area contributed by atoms with Crippen molar-refractivity contribution in [1.82, 2.24) is 0 Å². The van der Waals surface area contributed by atoms with Crippen LogP contribution in [0.25, 0.3) is 0 Å².